The number of aliphatic hydroxyl groups is 1. The van der Waals surface area contributed by atoms with Gasteiger partial charge in [0.2, 0.25) is 0 Å². The van der Waals surface area contributed by atoms with Gasteiger partial charge >= 0.3 is 0 Å². The summed E-state index contributed by atoms with van der Waals surface area (Å²) in [7, 11) is 0. The van der Waals surface area contributed by atoms with Crippen LogP contribution in [0.2, 0.25) is 0 Å². The Morgan fingerprint density at radius 2 is 1.69 bits per heavy atom. The molecule has 49 heavy (non-hydrogen) atoms. The Labute approximate surface area is 295 Å². The monoisotopic (exact) mass is 668 g/mol. The number of likely N-dealkylation sites (tertiary alicyclic amines) is 1. The number of hydrogen-bond acceptors (Lipinski definition) is 5. The first kappa shape index (κ1) is 29.9. The molecule has 0 amide bonds. The number of aliphatic hydroxyl groups excluding tert-OH is 1. The smallest absolute Gasteiger partial charge is 0.116 e. The Kier molecular flexibility index (Phi) is 5.54. The number of ether oxygens (including phenoxy) is 2. The average Bonchev–Trinajstić information content (AvgIpc) is 3.87. The summed E-state index contributed by atoms with van der Waals surface area (Å²) in [6.07, 6.45) is 21.5. The van der Waals surface area contributed by atoms with Gasteiger partial charge in [-0.3, -0.25) is 9.80 Å². The minimum Gasteiger partial charge on any atom is -0.388 e. The van der Waals surface area contributed by atoms with Crippen LogP contribution in [0.3, 0.4) is 0 Å². The van der Waals surface area contributed by atoms with Crippen molar-refractivity contribution in [1.82, 2.24) is 9.80 Å². The Morgan fingerprint density at radius 1 is 0.857 bits per heavy atom. The molecule has 3 aliphatic heterocycles. The largest absolute Gasteiger partial charge is 0.388 e. The molecule has 15 rings (SSSR count). The molecule has 19 atom stereocenters. The second kappa shape index (κ2) is 9.07. The summed E-state index contributed by atoms with van der Waals surface area (Å²) in [6, 6.07) is 1.50. The molecule has 0 radical (unpaired) electrons. The van der Waals surface area contributed by atoms with Gasteiger partial charge in [-0.15, -0.1) is 0 Å². The van der Waals surface area contributed by atoms with Gasteiger partial charge < -0.3 is 14.6 Å². The summed E-state index contributed by atoms with van der Waals surface area (Å²) >= 11 is 0. The summed E-state index contributed by atoms with van der Waals surface area (Å²) in [5.74, 6) is 7.34. The quantitative estimate of drug-likeness (QED) is 0.250. The second-order valence-electron chi connectivity index (χ2n) is 22.2. The van der Waals surface area contributed by atoms with Crippen LogP contribution in [-0.2, 0) is 9.47 Å². The van der Waals surface area contributed by atoms with Crippen molar-refractivity contribution >= 4 is 0 Å². The number of piperidine rings is 2. The number of nitrogens with zero attached hydrogens (tertiary/aromatic N) is 2. The molecule has 3 saturated heterocycles. The minimum absolute atomic E-state index is 0.126. The maximum atomic E-state index is 11.9. The molecule has 5 heteroatoms. The summed E-state index contributed by atoms with van der Waals surface area (Å²) in [5.41, 5.74) is 3.82. The molecule has 4 spiro atoms. The van der Waals surface area contributed by atoms with Crippen molar-refractivity contribution in [3.63, 3.8) is 0 Å². The first-order valence-electron chi connectivity index (χ1n) is 21.8. The fraction of sp³-hybridized carbons (Fsp3) is 0.955. The van der Waals surface area contributed by atoms with Crippen molar-refractivity contribution < 1.29 is 14.6 Å². The van der Waals surface area contributed by atoms with Gasteiger partial charge in [0.1, 0.15) is 6.23 Å². The molecule has 0 aromatic heterocycles. The Hall–Kier alpha value is -0.460. The molecule has 3 heterocycles. The molecular weight excluding hydrogens is 604 g/mol. The fourth-order valence-corrected chi connectivity index (χ4v) is 21.2. The van der Waals surface area contributed by atoms with Gasteiger partial charge in [-0.25, -0.2) is 0 Å². The zero-order valence-electron chi connectivity index (χ0n) is 30.7. The maximum Gasteiger partial charge on any atom is 0.116 e. The summed E-state index contributed by atoms with van der Waals surface area (Å²) in [6.45, 7) is 16.3. The zero-order chi connectivity index (χ0) is 32.5. The Morgan fingerprint density at radius 3 is 2.59 bits per heavy atom. The van der Waals surface area contributed by atoms with Gasteiger partial charge in [-0.1, -0.05) is 33.3 Å². The SMILES string of the molecule is C=C1[C@H]2CC[C@]3([C@@H](C2)[C@@]24CCC[C@@]5(C)CN(CCOC[C@@H]6C[C@]78CC[C@H]6C[C@H]7[C@]67CCC[C@@]9(C)[C@H]6C[C@H]8[C@H]7N6CCO[C@@H]69)[C@@H]2[C@@H]3C[C@H]54)[C@@H]1O. The van der Waals surface area contributed by atoms with E-state index in [-0.39, 0.29) is 11.5 Å². The lowest BCUT2D eigenvalue weighted by atomic mass is 9.39. The highest BCUT2D eigenvalue weighted by atomic mass is 16.5. The van der Waals surface area contributed by atoms with E-state index in [0.29, 0.717) is 51.2 Å². The lowest BCUT2D eigenvalue weighted by Gasteiger charge is -2.67. The summed E-state index contributed by atoms with van der Waals surface area (Å²) < 4.78 is 13.6. The van der Waals surface area contributed by atoms with E-state index in [2.05, 4.69) is 30.2 Å². The molecule has 15 fully saturated rings. The van der Waals surface area contributed by atoms with E-state index in [0.717, 1.165) is 73.8 Å². The standard InChI is InChI=1S/C44H64N2O3/c1-25-26-7-13-42(37(25)47)30-21-31-39(2)8-4-10-43(31,34(42)18-26)35(30)45(24-39)14-16-48-23-28-22-41-12-6-27(28)19-33(41)44-11-5-9-40(3)32(44)20-29(41)36(44)46-15-17-49-38(40)46/h26-38,47H,1,4-24H2,2-3H3/t26-,27-,28-,29-,30-,31+,32+,33+,34+,35+,36+,37+,38+,39-,40-,41-,42-,43-,44-/m0/s1. The number of fused-ring (bicyclic) bond motifs is 6. The molecule has 0 unspecified atom stereocenters. The molecule has 15 aliphatic rings. The third-order valence-corrected chi connectivity index (χ3v) is 21.8. The predicted octanol–water partition coefficient (Wildman–Crippen LogP) is 7.14. The first-order valence-corrected chi connectivity index (χ1v) is 21.8. The van der Waals surface area contributed by atoms with Crippen LogP contribution < -0.4 is 0 Å². The first-order chi connectivity index (χ1) is 23.7. The van der Waals surface area contributed by atoms with Gasteiger partial charge in [-0.05, 0) is 164 Å². The van der Waals surface area contributed by atoms with Crippen LogP contribution in [0.4, 0.5) is 0 Å². The predicted molar refractivity (Wildman–Crippen MR) is 188 cm³/mol. The molecule has 0 aromatic rings. The third-order valence-electron chi connectivity index (χ3n) is 21.8. The van der Waals surface area contributed by atoms with E-state index < -0.39 is 0 Å². The zero-order valence-corrected chi connectivity index (χ0v) is 30.7. The molecule has 12 saturated carbocycles. The van der Waals surface area contributed by atoms with E-state index in [1.165, 1.54) is 115 Å². The van der Waals surface area contributed by atoms with Gasteiger partial charge in [0.25, 0.3) is 0 Å². The molecule has 12 aliphatic carbocycles. The van der Waals surface area contributed by atoms with Crippen LogP contribution >= 0.6 is 0 Å². The van der Waals surface area contributed by atoms with Crippen LogP contribution in [0.1, 0.15) is 110 Å². The lowest BCUT2D eigenvalue weighted by Crippen LogP contribution is -2.67. The minimum atomic E-state index is -0.247. The lowest BCUT2D eigenvalue weighted by molar-refractivity contribution is -0.230. The second-order valence-corrected chi connectivity index (χ2v) is 22.2. The molecule has 5 nitrogen and oxygen atoms in total. The van der Waals surface area contributed by atoms with Gasteiger partial charge in [0, 0.05) is 49.2 Å². The van der Waals surface area contributed by atoms with Crippen molar-refractivity contribution in [3.05, 3.63) is 12.2 Å². The normalized spacial score (nSPS) is 65.6. The van der Waals surface area contributed by atoms with Gasteiger partial charge in [0.05, 0.1) is 19.3 Å². The van der Waals surface area contributed by atoms with E-state index in [4.69, 9.17) is 9.47 Å². The van der Waals surface area contributed by atoms with Crippen LogP contribution in [-0.4, -0.2) is 78.8 Å². The highest BCUT2D eigenvalue weighted by molar-refractivity contribution is 5.37. The van der Waals surface area contributed by atoms with Crippen molar-refractivity contribution in [2.24, 2.45) is 85.8 Å². The van der Waals surface area contributed by atoms with Crippen LogP contribution in [0.5, 0.6) is 0 Å². The summed E-state index contributed by atoms with van der Waals surface area (Å²) in [4.78, 5) is 5.97. The van der Waals surface area contributed by atoms with Crippen molar-refractivity contribution in [2.75, 3.05) is 39.5 Å². The average molecular weight is 669 g/mol. The Balaban J connectivity index is 0.746. The highest BCUT2D eigenvalue weighted by Crippen LogP contribution is 2.86. The topological polar surface area (TPSA) is 45.2 Å². The van der Waals surface area contributed by atoms with E-state index in [1.807, 2.05) is 0 Å². The maximum absolute atomic E-state index is 11.9. The molecule has 268 valence electrons. The van der Waals surface area contributed by atoms with E-state index >= 15 is 0 Å². The molecular formula is C44H64N2O3. The number of rotatable bonds is 5. The molecule has 14 bridgehead atoms. The van der Waals surface area contributed by atoms with Crippen LogP contribution in [0.25, 0.3) is 0 Å². The number of hydrogen-bond donors (Lipinski definition) is 1. The fourth-order valence-electron chi connectivity index (χ4n) is 21.2. The summed E-state index contributed by atoms with van der Waals surface area (Å²) in [5, 5.41) is 11.9. The van der Waals surface area contributed by atoms with Crippen molar-refractivity contribution in [3.8, 4) is 0 Å². The van der Waals surface area contributed by atoms with Gasteiger partial charge in [-0.2, -0.15) is 0 Å². The van der Waals surface area contributed by atoms with Crippen molar-refractivity contribution in [1.29, 1.82) is 0 Å². The van der Waals surface area contributed by atoms with Crippen molar-refractivity contribution in [2.45, 2.75) is 135 Å². The third kappa shape index (κ3) is 2.96. The Bertz CT molecular complexity index is 1520. The van der Waals surface area contributed by atoms with Crippen LogP contribution in [0.15, 0.2) is 12.2 Å². The van der Waals surface area contributed by atoms with Crippen LogP contribution in [0, 0.1) is 85.8 Å². The van der Waals surface area contributed by atoms with E-state index in [1.54, 1.807) is 0 Å². The molecule has 0 aromatic carbocycles. The van der Waals surface area contributed by atoms with Gasteiger partial charge in [0.15, 0.2) is 0 Å². The highest BCUT2D eigenvalue weighted by Gasteiger charge is 2.84. The molecule has 1 N–H and O–H groups in total. The van der Waals surface area contributed by atoms with E-state index in [9.17, 15) is 5.11 Å².